The van der Waals surface area contributed by atoms with Gasteiger partial charge in [0.05, 0.1) is 12.0 Å². The second-order valence-electron chi connectivity index (χ2n) is 5.26. The molecule has 3 rings (SSSR count). The summed E-state index contributed by atoms with van der Waals surface area (Å²) in [6.45, 7) is 0.0161. The van der Waals surface area contributed by atoms with Gasteiger partial charge in [-0.1, -0.05) is 42.5 Å². The third-order valence-electron chi connectivity index (χ3n) is 3.91. The molecule has 0 aromatic heterocycles. The summed E-state index contributed by atoms with van der Waals surface area (Å²) in [6, 6.07) is 17.2. The maximum atomic E-state index is 12.5. The summed E-state index contributed by atoms with van der Waals surface area (Å²) in [4.78, 5) is 12.5. The summed E-state index contributed by atoms with van der Waals surface area (Å²) in [5, 5.41) is 12.0. The van der Waals surface area contributed by atoms with Crippen molar-refractivity contribution in [2.45, 2.75) is 24.9 Å². The van der Waals surface area contributed by atoms with Crippen molar-refractivity contribution in [1.29, 1.82) is 0 Å². The van der Waals surface area contributed by atoms with Crippen LogP contribution in [0.2, 0.25) is 0 Å². The van der Waals surface area contributed by atoms with Gasteiger partial charge in [0.2, 0.25) is 5.91 Å². The molecule has 2 aromatic carbocycles. The normalized spacial score (nSPS) is 15.7. The maximum absolute atomic E-state index is 12.5. The van der Waals surface area contributed by atoms with E-state index in [2.05, 4.69) is 5.32 Å². The molecule has 3 nitrogen and oxygen atoms in total. The van der Waals surface area contributed by atoms with Crippen LogP contribution < -0.4 is 5.32 Å². The largest absolute Gasteiger partial charge is 0.392 e. The molecule has 2 N–H and O–H groups in total. The lowest BCUT2D eigenvalue weighted by atomic mass is 9.95. The van der Waals surface area contributed by atoms with Crippen molar-refractivity contribution in [3.63, 3.8) is 0 Å². The highest BCUT2D eigenvalue weighted by Gasteiger charge is 2.51. The fourth-order valence-electron chi connectivity index (χ4n) is 2.47. The summed E-state index contributed by atoms with van der Waals surface area (Å²) in [5.41, 5.74) is 2.35. The van der Waals surface area contributed by atoms with Crippen LogP contribution in [0.4, 0.5) is 5.69 Å². The molecule has 0 spiro atoms. The van der Waals surface area contributed by atoms with E-state index in [1.807, 2.05) is 54.6 Å². The lowest BCUT2D eigenvalue weighted by molar-refractivity contribution is -0.118. The van der Waals surface area contributed by atoms with E-state index in [-0.39, 0.29) is 17.9 Å². The fourth-order valence-corrected chi connectivity index (χ4v) is 2.47. The molecular weight excluding hydrogens is 250 g/mol. The zero-order chi connectivity index (χ0) is 14.0. The van der Waals surface area contributed by atoms with Gasteiger partial charge in [0.1, 0.15) is 0 Å². The Morgan fingerprint density at radius 3 is 2.25 bits per heavy atom. The molecule has 1 fully saturated rings. The minimum atomic E-state index is -0.350. The Labute approximate surface area is 118 Å². The summed E-state index contributed by atoms with van der Waals surface area (Å²) in [5.74, 6) is 0.0560. The highest BCUT2D eigenvalue weighted by Crippen LogP contribution is 2.48. The van der Waals surface area contributed by atoms with Gasteiger partial charge in [-0.05, 0) is 36.1 Å². The summed E-state index contributed by atoms with van der Waals surface area (Å²) < 4.78 is 0. The Bertz CT molecular complexity index is 601. The van der Waals surface area contributed by atoms with E-state index >= 15 is 0 Å². The van der Waals surface area contributed by atoms with Gasteiger partial charge >= 0.3 is 0 Å². The summed E-state index contributed by atoms with van der Waals surface area (Å²) in [7, 11) is 0. The van der Waals surface area contributed by atoms with Gasteiger partial charge in [-0.3, -0.25) is 4.79 Å². The van der Waals surface area contributed by atoms with E-state index in [9.17, 15) is 4.79 Å². The van der Waals surface area contributed by atoms with Crippen LogP contribution in [0.25, 0.3) is 0 Å². The molecule has 20 heavy (non-hydrogen) atoms. The fraction of sp³-hybridized carbons (Fsp3) is 0.235. The number of hydrogen-bond acceptors (Lipinski definition) is 2. The summed E-state index contributed by atoms with van der Waals surface area (Å²) in [6.07, 6.45) is 1.80. The number of hydrogen-bond donors (Lipinski definition) is 2. The minimum absolute atomic E-state index is 0.0161. The van der Waals surface area contributed by atoms with Crippen LogP contribution in [0.3, 0.4) is 0 Å². The smallest absolute Gasteiger partial charge is 0.235 e. The van der Waals surface area contributed by atoms with Crippen LogP contribution in [-0.2, 0) is 16.8 Å². The van der Waals surface area contributed by atoms with Gasteiger partial charge in [0.25, 0.3) is 0 Å². The first kappa shape index (κ1) is 12.9. The first-order valence-corrected chi connectivity index (χ1v) is 6.81. The predicted octanol–water partition coefficient (Wildman–Crippen LogP) is 2.85. The maximum Gasteiger partial charge on any atom is 0.235 e. The molecule has 102 valence electrons. The van der Waals surface area contributed by atoms with Crippen molar-refractivity contribution in [2.75, 3.05) is 5.32 Å². The number of carbonyl (C=O) groups is 1. The topological polar surface area (TPSA) is 49.3 Å². The minimum Gasteiger partial charge on any atom is -0.392 e. The number of aliphatic hydroxyl groups is 1. The van der Waals surface area contributed by atoms with E-state index in [1.54, 1.807) is 0 Å². The zero-order valence-corrected chi connectivity index (χ0v) is 11.2. The van der Waals surface area contributed by atoms with Gasteiger partial charge in [-0.2, -0.15) is 0 Å². The first-order valence-electron chi connectivity index (χ1n) is 6.81. The van der Waals surface area contributed by atoms with E-state index < -0.39 is 0 Å². The van der Waals surface area contributed by atoms with Crippen LogP contribution in [0, 0.1) is 0 Å². The Kier molecular flexibility index (Phi) is 3.28. The lowest BCUT2D eigenvalue weighted by Crippen LogP contribution is -2.27. The van der Waals surface area contributed by atoms with E-state index in [0.717, 1.165) is 29.7 Å². The van der Waals surface area contributed by atoms with Crippen molar-refractivity contribution < 1.29 is 9.90 Å². The average Bonchev–Trinajstić information content (AvgIpc) is 3.31. The molecule has 0 aliphatic heterocycles. The quantitative estimate of drug-likeness (QED) is 0.895. The highest BCUT2D eigenvalue weighted by atomic mass is 16.3. The molecule has 0 saturated heterocycles. The SMILES string of the molecule is O=C(Nc1ccc(CO)cc1)C1(c2ccccc2)CC1. The van der Waals surface area contributed by atoms with Gasteiger partial charge in [0, 0.05) is 5.69 Å². The molecule has 1 aliphatic rings. The Morgan fingerprint density at radius 2 is 1.70 bits per heavy atom. The molecule has 0 atom stereocenters. The molecule has 0 radical (unpaired) electrons. The standard InChI is InChI=1S/C17H17NO2/c19-12-13-6-8-15(9-7-13)18-16(20)17(10-11-17)14-4-2-1-3-5-14/h1-9,19H,10-12H2,(H,18,20). The average molecular weight is 267 g/mol. The number of nitrogens with one attached hydrogen (secondary N) is 1. The van der Waals surface area contributed by atoms with Crippen LogP contribution in [0.5, 0.6) is 0 Å². The molecule has 0 bridgehead atoms. The van der Waals surface area contributed by atoms with E-state index in [0.29, 0.717) is 0 Å². The van der Waals surface area contributed by atoms with E-state index in [1.165, 1.54) is 0 Å². The van der Waals surface area contributed by atoms with Gasteiger partial charge in [-0.15, -0.1) is 0 Å². The zero-order valence-electron chi connectivity index (χ0n) is 11.2. The monoisotopic (exact) mass is 267 g/mol. The Hall–Kier alpha value is -2.13. The van der Waals surface area contributed by atoms with Gasteiger partial charge < -0.3 is 10.4 Å². The van der Waals surface area contributed by atoms with Crippen LogP contribution in [0.15, 0.2) is 54.6 Å². The number of aliphatic hydroxyl groups excluding tert-OH is 1. The molecular formula is C17H17NO2. The first-order chi connectivity index (χ1) is 9.74. The highest BCUT2D eigenvalue weighted by molar-refractivity contribution is 6.01. The van der Waals surface area contributed by atoms with Crippen molar-refractivity contribution in [2.24, 2.45) is 0 Å². The number of amides is 1. The van der Waals surface area contributed by atoms with Crippen molar-refractivity contribution in [1.82, 2.24) is 0 Å². The van der Waals surface area contributed by atoms with Crippen LogP contribution in [0.1, 0.15) is 24.0 Å². The van der Waals surface area contributed by atoms with Gasteiger partial charge in [0.15, 0.2) is 0 Å². The Morgan fingerprint density at radius 1 is 1.05 bits per heavy atom. The van der Waals surface area contributed by atoms with Gasteiger partial charge in [-0.25, -0.2) is 0 Å². The van der Waals surface area contributed by atoms with E-state index in [4.69, 9.17) is 5.11 Å². The summed E-state index contributed by atoms with van der Waals surface area (Å²) >= 11 is 0. The van der Waals surface area contributed by atoms with Crippen LogP contribution in [-0.4, -0.2) is 11.0 Å². The second kappa shape index (κ2) is 5.10. The Balaban J connectivity index is 1.76. The lowest BCUT2D eigenvalue weighted by Gasteiger charge is -2.15. The third-order valence-corrected chi connectivity index (χ3v) is 3.91. The molecule has 3 heteroatoms. The molecule has 0 heterocycles. The third kappa shape index (κ3) is 2.32. The molecule has 0 unspecified atom stereocenters. The molecule has 1 amide bonds. The molecule has 2 aromatic rings. The van der Waals surface area contributed by atoms with Crippen molar-refractivity contribution >= 4 is 11.6 Å². The van der Waals surface area contributed by atoms with Crippen LogP contribution >= 0.6 is 0 Å². The number of benzene rings is 2. The molecule has 1 saturated carbocycles. The predicted molar refractivity (Wildman–Crippen MR) is 78.3 cm³/mol. The number of carbonyl (C=O) groups excluding carboxylic acids is 1. The van der Waals surface area contributed by atoms with Crippen molar-refractivity contribution in [3.8, 4) is 0 Å². The number of rotatable bonds is 4. The van der Waals surface area contributed by atoms with Crippen molar-refractivity contribution in [3.05, 3.63) is 65.7 Å². The molecule has 1 aliphatic carbocycles. The second-order valence-corrected chi connectivity index (χ2v) is 5.26. The number of anilines is 1.